The first-order valence-corrected chi connectivity index (χ1v) is 8.85. The Morgan fingerprint density at radius 3 is 2.45 bits per heavy atom. The molecular weight excluding hydrogens is 272 g/mol. The molecule has 3 unspecified atom stereocenters. The topological polar surface area (TPSA) is 55.1 Å². The summed E-state index contributed by atoms with van der Waals surface area (Å²) in [6.07, 6.45) is 9.02. The highest BCUT2D eigenvalue weighted by Crippen LogP contribution is 2.36. The van der Waals surface area contributed by atoms with E-state index in [1.807, 2.05) is 6.07 Å². The number of nitrogens with two attached hydrogens (primary N) is 1. The van der Waals surface area contributed by atoms with Gasteiger partial charge in [-0.1, -0.05) is 49.6 Å². The lowest BCUT2D eigenvalue weighted by Gasteiger charge is -2.30. The van der Waals surface area contributed by atoms with Gasteiger partial charge in [-0.3, -0.25) is 4.79 Å². The van der Waals surface area contributed by atoms with E-state index in [4.69, 9.17) is 5.73 Å². The normalized spacial score (nSPS) is 27.5. The third-order valence-corrected chi connectivity index (χ3v) is 5.41. The van der Waals surface area contributed by atoms with E-state index in [0.29, 0.717) is 5.92 Å². The van der Waals surface area contributed by atoms with Gasteiger partial charge in [0.25, 0.3) is 0 Å². The van der Waals surface area contributed by atoms with Crippen LogP contribution in [0.1, 0.15) is 63.0 Å². The minimum atomic E-state index is 0.108. The van der Waals surface area contributed by atoms with Crippen LogP contribution < -0.4 is 11.1 Å². The third-order valence-electron chi connectivity index (χ3n) is 5.41. The Kier molecular flexibility index (Phi) is 5.14. The monoisotopic (exact) mass is 300 g/mol. The van der Waals surface area contributed by atoms with Gasteiger partial charge in [0.1, 0.15) is 0 Å². The van der Waals surface area contributed by atoms with Gasteiger partial charge >= 0.3 is 0 Å². The highest BCUT2D eigenvalue weighted by molar-refractivity contribution is 5.79. The molecule has 0 bridgehead atoms. The number of rotatable bonds is 4. The summed E-state index contributed by atoms with van der Waals surface area (Å²) >= 11 is 0. The molecule has 0 aliphatic heterocycles. The quantitative estimate of drug-likeness (QED) is 0.893. The van der Waals surface area contributed by atoms with Crippen molar-refractivity contribution in [2.24, 2.45) is 17.6 Å². The zero-order chi connectivity index (χ0) is 15.4. The van der Waals surface area contributed by atoms with Gasteiger partial charge in [0, 0.05) is 12.0 Å². The third kappa shape index (κ3) is 3.70. The molecule has 0 saturated heterocycles. The second-order valence-corrected chi connectivity index (χ2v) is 7.07. The average Bonchev–Trinajstić information content (AvgIpc) is 3.07. The van der Waals surface area contributed by atoms with Crippen molar-refractivity contribution in [3.05, 3.63) is 35.9 Å². The van der Waals surface area contributed by atoms with Crippen molar-refractivity contribution in [3.8, 4) is 0 Å². The predicted molar refractivity (Wildman–Crippen MR) is 89.2 cm³/mol. The summed E-state index contributed by atoms with van der Waals surface area (Å²) in [6, 6.07) is 10.9. The minimum absolute atomic E-state index is 0.108. The molecule has 0 aromatic heterocycles. The van der Waals surface area contributed by atoms with Gasteiger partial charge in [0.15, 0.2) is 0 Å². The Bertz CT molecular complexity index is 481. The highest BCUT2D eigenvalue weighted by Gasteiger charge is 2.31. The van der Waals surface area contributed by atoms with Crippen LogP contribution in [0.3, 0.4) is 0 Å². The molecule has 1 amide bonds. The van der Waals surface area contributed by atoms with Crippen LogP contribution in [0.15, 0.2) is 30.3 Å². The lowest BCUT2D eigenvalue weighted by atomic mass is 9.84. The van der Waals surface area contributed by atoms with Gasteiger partial charge in [-0.2, -0.15) is 0 Å². The van der Waals surface area contributed by atoms with Gasteiger partial charge in [0.05, 0.1) is 6.04 Å². The average molecular weight is 300 g/mol. The van der Waals surface area contributed by atoms with Crippen molar-refractivity contribution >= 4 is 5.91 Å². The first-order chi connectivity index (χ1) is 10.7. The number of hydrogen-bond donors (Lipinski definition) is 2. The summed E-state index contributed by atoms with van der Waals surface area (Å²) in [7, 11) is 0. The van der Waals surface area contributed by atoms with Crippen molar-refractivity contribution in [3.63, 3.8) is 0 Å². The second kappa shape index (κ2) is 7.28. The molecule has 2 saturated carbocycles. The van der Waals surface area contributed by atoms with Crippen LogP contribution in [0.25, 0.3) is 0 Å². The zero-order valence-corrected chi connectivity index (χ0v) is 13.3. The first kappa shape index (κ1) is 15.5. The SMILES string of the molecule is NC1CCCC(C(=O)NC(c2ccccc2)C2CCCC2)C1. The van der Waals surface area contributed by atoms with Crippen LogP contribution >= 0.6 is 0 Å². The van der Waals surface area contributed by atoms with Crippen molar-refractivity contribution in [2.45, 2.75) is 63.5 Å². The Morgan fingerprint density at radius 1 is 1.05 bits per heavy atom. The van der Waals surface area contributed by atoms with E-state index in [1.54, 1.807) is 0 Å². The van der Waals surface area contributed by atoms with E-state index in [0.717, 1.165) is 25.7 Å². The highest BCUT2D eigenvalue weighted by atomic mass is 16.1. The smallest absolute Gasteiger partial charge is 0.223 e. The fraction of sp³-hybridized carbons (Fsp3) is 0.632. The first-order valence-electron chi connectivity index (χ1n) is 8.85. The van der Waals surface area contributed by atoms with Crippen LogP contribution in [-0.4, -0.2) is 11.9 Å². The fourth-order valence-corrected chi connectivity index (χ4v) is 4.16. The molecule has 2 fully saturated rings. The summed E-state index contributed by atoms with van der Waals surface area (Å²) in [6.45, 7) is 0. The maximum Gasteiger partial charge on any atom is 0.223 e. The molecule has 2 aliphatic carbocycles. The second-order valence-electron chi connectivity index (χ2n) is 7.07. The largest absolute Gasteiger partial charge is 0.349 e. The maximum atomic E-state index is 12.7. The number of benzene rings is 1. The molecule has 0 radical (unpaired) electrons. The molecule has 120 valence electrons. The van der Waals surface area contributed by atoms with Gasteiger partial charge in [0.2, 0.25) is 5.91 Å². The maximum absolute atomic E-state index is 12.7. The summed E-state index contributed by atoms with van der Waals surface area (Å²) < 4.78 is 0. The summed E-state index contributed by atoms with van der Waals surface area (Å²) in [5.74, 6) is 0.913. The minimum Gasteiger partial charge on any atom is -0.349 e. The van der Waals surface area contributed by atoms with Gasteiger partial charge < -0.3 is 11.1 Å². The molecule has 3 nitrogen and oxygen atoms in total. The molecule has 22 heavy (non-hydrogen) atoms. The Balaban J connectivity index is 1.70. The molecule has 0 heterocycles. The fourth-order valence-electron chi connectivity index (χ4n) is 4.16. The molecule has 2 aliphatic rings. The van der Waals surface area contributed by atoms with E-state index in [9.17, 15) is 4.79 Å². The predicted octanol–water partition coefficient (Wildman–Crippen LogP) is 3.55. The van der Waals surface area contributed by atoms with E-state index in [-0.39, 0.29) is 23.9 Å². The van der Waals surface area contributed by atoms with Gasteiger partial charge in [-0.15, -0.1) is 0 Å². The van der Waals surface area contributed by atoms with Gasteiger partial charge in [-0.25, -0.2) is 0 Å². The lowest BCUT2D eigenvalue weighted by molar-refractivity contribution is -0.127. The Labute approximate surface area is 133 Å². The lowest BCUT2D eigenvalue weighted by Crippen LogP contribution is -2.41. The van der Waals surface area contributed by atoms with Crippen molar-refractivity contribution < 1.29 is 4.79 Å². The molecular formula is C19H28N2O. The molecule has 3 rings (SSSR count). The molecule has 3 heteroatoms. The van der Waals surface area contributed by atoms with Crippen LogP contribution in [0.2, 0.25) is 0 Å². The number of carbonyl (C=O) groups is 1. The van der Waals surface area contributed by atoms with E-state index >= 15 is 0 Å². The van der Waals surface area contributed by atoms with Crippen molar-refractivity contribution in [1.29, 1.82) is 0 Å². The van der Waals surface area contributed by atoms with Gasteiger partial charge in [-0.05, 0) is 43.6 Å². The molecule has 1 aromatic rings. The number of nitrogens with one attached hydrogen (secondary N) is 1. The molecule has 3 N–H and O–H groups in total. The van der Waals surface area contributed by atoms with Crippen LogP contribution in [0.5, 0.6) is 0 Å². The standard InChI is InChI=1S/C19H28N2O/c20-17-12-6-11-16(13-17)19(22)21-18(15-9-4-5-10-15)14-7-2-1-3-8-14/h1-3,7-8,15-18H,4-6,9-13,20H2,(H,21,22). The van der Waals surface area contributed by atoms with Crippen LogP contribution in [0.4, 0.5) is 0 Å². The number of amides is 1. The number of hydrogen-bond acceptors (Lipinski definition) is 2. The summed E-state index contributed by atoms with van der Waals surface area (Å²) in [4.78, 5) is 12.7. The van der Waals surface area contributed by atoms with Crippen LogP contribution in [-0.2, 0) is 4.79 Å². The van der Waals surface area contributed by atoms with Crippen molar-refractivity contribution in [2.75, 3.05) is 0 Å². The van der Waals surface area contributed by atoms with E-state index in [2.05, 4.69) is 29.6 Å². The zero-order valence-electron chi connectivity index (χ0n) is 13.3. The molecule has 3 atom stereocenters. The Morgan fingerprint density at radius 2 is 1.77 bits per heavy atom. The molecule has 0 spiro atoms. The number of carbonyl (C=O) groups excluding carboxylic acids is 1. The summed E-state index contributed by atoms with van der Waals surface area (Å²) in [5.41, 5.74) is 7.30. The summed E-state index contributed by atoms with van der Waals surface area (Å²) in [5, 5.41) is 3.37. The molecule has 1 aromatic carbocycles. The van der Waals surface area contributed by atoms with E-state index < -0.39 is 0 Å². The van der Waals surface area contributed by atoms with Crippen molar-refractivity contribution in [1.82, 2.24) is 5.32 Å². The van der Waals surface area contributed by atoms with Crippen LogP contribution in [0, 0.1) is 11.8 Å². The Hall–Kier alpha value is -1.35. The van der Waals surface area contributed by atoms with E-state index in [1.165, 1.54) is 31.2 Å².